The van der Waals surface area contributed by atoms with Crippen LogP contribution in [0.5, 0.6) is 0 Å². The van der Waals surface area contributed by atoms with Crippen molar-refractivity contribution in [1.29, 1.82) is 0 Å². The molecule has 0 aliphatic carbocycles. The van der Waals surface area contributed by atoms with Crippen LogP contribution in [0.2, 0.25) is 0 Å². The average molecular weight is 477 g/mol. The standard InChI is InChI=1S/C26H29FN6O2/c1-2-25-29-30-26(35-25)20-8-7-19-9-11-33(23(19)17-20)18-24(34)28-10-12-31-13-15-32(16-14-31)22-6-4-3-5-21(22)27/h3-9,11,17H,2,10,12-16,18H2,1H3,(H,28,34). The van der Waals surface area contributed by atoms with Crippen LogP contribution in [0.3, 0.4) is 0 Å². The van der Waals surface area contributed by atoms with Gasteiger partial charge in [-0.2, -0.15) is 0 Å². The molecule has 0 saturated carbocycles. The summed E-state index contributed by atoms with van der Waals surface area (Å²) in [4.78, 5) is 17.0. The van der Waals surface area contributed by atoms with E-state index in [4.69, 9.17) is 4.42 Å². The van der Waals surface area contributed by atoms with E-state index in [0.29, 0.717) is 30.4 Å². The lowest BCUT2D eigenvalue weighted by Gasteiger charge is -2.36. The highest BCUT2D eigenvalue weighted by atomic mass is 19.1. The molecule has 0 unspecified atom stereocenters. The van der Waals surface area contributed by atoms with Crippen LogP contribution in [0, 0.1) is 5.82 Å². The molecule has 182 valence electrons. The first-order valence-electron chi connectivity index (χ1n) is 12.0. The van der Waals surface area contributed by atoms with Crippen molar-refractivity contribution in [2.75, 3.05) is 44.2 Å². The monoisotopic (exact) mass is 476 g/mol. The molecule has 0 atom stereocenters. The normalized spacial score (nSPS) is 14.5. The zero-order valence-electron chi connectivity index (χ0n) is 19.8. The number of benzene rings is 2. The van der Waals surface area contributed by atoms with Crippen LogP contribution in [0.4, 0.5) is 10.1 Å². The Kier molecular flexibility index (Phi) is 6.76. The SMILES string of the molecule is CCc1nnc(-c2ccc3ccn(CC(=O)NCCN4CCN(c5ccccc5F)CC4)c3c2)o1. The van der Waals surface area contributed by atoms with Crippen molar-refractivity contribution in [3.05, 3.63) is 66.4 Å². The number of aryl methyl sites for hydroxylation is 1. The van der Waals surface area contributed by atoms with Gasteiger partial charge in [0.2, 0.25) is 17.7 Å². The van der Waals surface area contributed by atoms with Gasteiger partial charge in [-0.15, -0.1) is 10.2 Å². The molecule has 1 amide bonds. The number of nitrogens with one attached hydrogen (secondary N) is 1. The minimum atomic E-state index is -0.180. The zero-order valence-corrected chi connectivity index (χ0v) is 19.8. The van der Waals surface area contributed by atoms with Crippen molar-refractivity contribution in [3.8, 4) is 11.5 Å². The second-order valence-corrected chi connectivity index (χ2v) is 8.70. The highest BCUT2D eigenvalue weighted by molar-refractivity contribution is 5.86. The van der Waals surface area contributed by atoms with Crippen LogP contribution in [-0.2, 0) is 17.8 Å². The number of carbonyl (C=O) groups is 1. The first-order chi connectivity index (χ1) is 17.1. The maximum absolute atomic E-state index is 14.0. The second kappa shape index (κ2) is 10.3. The van der Waals surface area contributed by atoms with Gasteiger partial charge in [0.1, 0.15) is 12.4 Å². The predicted molar refractivity (Wildman–Crippen MR) is 133 cm³/mol. The lowest BCUT2D eigenvalue weighted by Crippen LogP contribution is -2.48. The number of halogens is 1. The fraction of sp³-hybridized carbons (Fsp3) is 0.346. The van der Waals surface area contributed by atoms with Crippen LogP contribution in [0.25, 0.3) is 22.4 Å². The molecule has 1 N–H and O–H groups in total. The maximum Gasteiger partial charge on any atom is 0.247 e. The number of piperazine rings is 1. The van der Waals surface area contributed by atoms with Gasteiger partial charge in [-0.3, -0.25) is 9.69 Å². The minimum absolute atomic E-state index is 0.0380. The molecule has 2 aromatic heterocycles. The van der Waals surface area contributed by atoms with Crippen molar-refractivity contribution in [1.82, 2.24) is 25.0 Å². The Hall–Kier alpha value is -3.72. The topological polar surface area (TPSA) is 79.4 Å². The van der Waals surface area contributed by atoms with E-state index in [-0.39, 0.29) is 18.3 Å². The van der Waals surface area contributed by atoms with E-state index in [1.807, 2.05) is 54.1 Å². The quantitative estimate of drug-likeness (QED) is 0.420. The number of amides is 1. The molecular formula is C26H29FN6O2. The van der Waals surface area contributed by atoms with Crippen molar-refractivity contribution < 1.29 is 13.6 Å². The summed E-state index contributed by atoms with van der Waals surface area (Å²) in [5.41, 5.74) is 2.44. The summed E-state index contributed by atoms with van der Waals surface area (Å²) in [5, 5.41) is 12.2. The number of carbonyl (C=O) groups excluding carboxylic acids is 1. The lowest BCUT2D eigenvalue weighted by atomic mass is 10.1. The lowest BCUT2D eigenvalue weighted by molar-refractivity contribution is -0.121. The first-order valence-corrected chi connectivity index (χ1v) is 12.0. The Balaban J connectivity index is 1.12. The molecule has 3 heterocycles. The number of para-hydroxylation sites is 1. The van der Waals surface area contributed by atoms with Crippen molar-refractivity contribution in [3.63, 3.8) is 0 Å². The largest absolute Gasteiger partial charge is 0.421 e. The van der Waals surface area contributed by atoms with E-state index in [1.54, 1.807) is 6.07 Å². The predicted octanol–water partition coefficient (Wildman–Crippen LogP) is 3.33. The number of hydrogen-bond donors (Lipinski definition) is 1. The van der Waals surface area contributed by atoms with Gasteiger partial charge in [0.15, 0.2) is 0 Å². The summed E-state index contributed by atoms with van der Waals surface area (Å²) in [5.74, 6) is 0.865. The Morgan fingerprint density at radius 3 is 2.69 bits per heavy atom. The third kappa shape index (κ3) is 5.19. The van der Waals surface area contributed by atoms with E-state index in [9.17, 15) is 9.18 Å². The van der Waals surface area contributed by atoms with Crippen molar-refractivity contribution >= 4 is 22.5 Å². The first kappa shape index (κ1) is 23.0. The summed E-state index contributed by atoms with van der Waals surface area (Å²) in [6.07, 6.45) is 2.61. The van der Waals surface area contributed by atoms with Gasteiger partial charge in [-0.1, -0.05) is 25.1 Å². The third-order valence-corrected chi connectivity index (χ3v) is 6.42. The molecule has 2 aromatic carbocycles. The van der Waals surface area contributed by atoms with Gasteiger partial charge in [0.05, 0.1) is 5.69 Å². The van der Waals surface area contributed by atoms with Gasteiger partial charge in [0.25, 0.3) is 0 Å². The van der Waals surface area contributed by atoms with Crippen molar-refractivity contribution in [2.24, 2.45) is 0 Å². The second-order valence-electron chi connectivity index (χ2n) is 8.70. The smallest absolute Gasteiger partial charge is 0.247 e. The van der Waals surface area contributed by atoms with Crippen LogP contribution in [-0.4, -0.2) is 64.8 Å². The molecule has 5 rings (SSSR count). The maximum atomic E-state index is 14.0. The molecule has 8 nitrogen and oxygen atoms in total. The summed E-state index contributed by atoms with van der Waals surface area (Å²) >= 11 is 0. The Morgan fingerprint density at radius 2 is 1.91 bits per heavy atom. The third-order valence-electron chi connectivity index (χ3n) is 6.42. The summed E-state index contributed by atoms with van der Waals surface area (Å²) in [6.45, 7) is 6.76. The van der Waals surface area contributed by atoms with Gasteiger partial charge >= 0.3 is 0 Å². The summed E-state index contributed by atoms with van der Waals surface area (Å²) in [6, 6.07) is 14.8. The molecule has 9 heteroatoms. The number of rotatable bonds is 8. The molecule has 1 saturated heterocycles. The molecule has 0 spiro atoms. The number of hydrogen-bond acceptors (Lipinski definition) is 6. The fourth-order valence-electron chi connectivity index (χ4n) is 4.45. The van der Waals surface area contributed by atoms with Gasteiger partial charge in [-0.05, 0) is 35.7 Å². The van der Waals surface area contributed by atoms with E-state index in [1.165, 1.54) is 6.07 Å². The van der Waals surface area contributed by atoms with Crippen LogP contribution in [0.1, 0.15) is 12.8 Å². The molecule has 1 aliphatic rings. The molecule has 1 aliphatic heterocycles. The Bertz CT molecular complexity index is 1310. The van der Waals surface area contributed by atoms with Crippen molar-refractivity contribution in [2.45, 2.75) is 19.9 Å². The molecular weight excluding hydrogens is 447 g/mol. The zero-order chi connectivity index (χ0) is 24.2. The van der Waals surface area contributed by atoms with Gasteiger partial charge in [0, 0.05) is 63.0 Å². The van der Waals surface area contributed by atoms with Gasteiger partial charge < -0.3 is 19.2 Å². The molecule has 0 radical (unpaired) electrons. The van der Waals surface area contributed by atoms with Crippen LogP contribution >= 0.6 is 0 Å². The van der Waals surface area contributed by atoms with Crippen LogP contribution < -0.4 is 10.2 Å². The number of fused-ring (bicyclic) bond motifs is 1. The van der Waals surface area contributed by atoms with E-state index in [2.05, 4.69) is 25.3 Å². The molecule has 4 aromatic rings. The van der Waals surface area contributed by atoms with E-state index < -0.39 is 0 Å². The molecule has 0 bridgehead atoms. The summed E-state index contributed by atoms with van der Waals surface area (Å²) in [7, 11) is 0. The van der Waals surface area contributed by atoms with Crippen LogP contribution in [0.15, 0.2) is 59.1 Å². The fourth-order valence-corrected chi connectivity index (χ4v) is 4.45. The number of aromatic nitrogens is 3. The highest BCUT2D eigenvalue weighted by Crippen LogP contribution is 2.25. The highest BCUT2D eigenvalue weighted by Gasteiger charge is 2.19. The van der Waals surface area contributed by atoms with Gasteiger partial charge in [-0.25, -0.2) is 4.39 Å². The minimum Gasteiger partial charge on any atom is -0.421 e. The number of nitrogens with zero attached hydrogens (tertiary/aromatic N) is 5. The van der Waals surface area contributed by atoms with E-state index in [0.717, 1.165) is 49.2 Å². The number of anilines is 1. The average Bonchev–Trinajstić information content (AvgIpc) is 3.52. The molecule has 1 fully saturated rings. The van der Waals surface area contributed by atoms with E-state index >= 15 is 0 Å². The Labute approximate surface area is 203 Å². The molecule has 35 heavy (non-hydrogen) atoms. The summed E-state index contributed by atoms with van der Waals surface area (Å²) < 4.78 is 21.6. The Morgan fingerprint density at radius 1 is 1.09 bits per heavy atom.